The molecule has 1 N–H and O–H groups in total. The predicted molar refractivity (Wildman–Crippen MR) is 79.1 cm³/mol. The Balaban J connectivity index is 2.04. The molecule has 18 heavy (non-hydrogen) atoms. The largest absolute Gasteiger partial charge is 0.369 e. The summed E-state index contributed by atoms with van der Waals surface area (Å²) >= 11 is 0. The second kappa shape index (κ2) is 5.31. The van der Waals surface area contributed by atoms with Crippen LogP contribution in [0.15, 0.2) is 30.3 Å². The molecule has 0 spiro atoms. The van der Waals surface area contributed by atoms with Gasteiger partial charge >= 0.3 is 0 Å². The summed E-state index contributed by atoms with van der Waals surface area (Å²) in [5, 5.41) is 3.62. The molecule has 0 amide bonds. The van der Waals surface area contributed by atoms with Crippen molar-refractivity contribution in [2.75, 3.05) is 18.0 Å². The first kappa shape index (κ1) is 13.4. The van der Waals surface area contributed by atoms with E-state index in [4.69, 9.17) is 0 Å². The molecular formula is C16H26N2. The number of anilines is 1. The maximum absolute atomic E-state index is 3.62. The van der Waals surface area contributed by atoms with Gasteiger partial charge in [0.05, 0.1) is 0 Å². The first-order chi connectivity index (χ1) is 8.48. The molecule has 0 saturated carbocycles. The van der Waals surface area contributed by atoms with Gasteiger partial charge in [-0.25, -0.2) is 0 Å². The van der Waals surface area contributed by atoms with E-state index < -0.39 is 0 Å². The standard InChI is InChI=1S/C16H26N2/c1-13(2)18(15-8-6-5-7-9-15)12-14-10-16(3,4)17-11-14/h5-9,13-14,17H,10-12H2,1-4H3/t14-/m0/s1. The van der Waals surface area contributed by atoms with Crippen LogP contribution in [0.1, 0.15) is 34.1 Å². The highest BCUT2D eigenvalue weighted by Crippen LogP contribution is 2.26. The van der Waals surface area contributed by atoms with E-state index in [1.807, 2.05) is 0 Å². The van der Waals surface area contributed by atoms with E-state index in [0.29, 0.717) is 11.6 Å². The molecule has 2 nitrogen and oxygen atoms in total. The van der Waals surface area contributed by atoms with Crippen molar-refractivity contribution in [2.24, 2.45) is 5.92 Å². The molecule has 1 aromatic rings. The van der Waals surface area contributed by atoms with Gasteiger partial charge in [-0.3, -0.25) is 0 Å². The summed E-state index contributed by atoms with van der Waals surface area (Å²) in [6.07, 6.45) is 1.27. The zero-order chi connectivity index (χ0) is 13.2. The van der Waals surface area contributed by atoms with Crippen LogP contribution in [0, 0.1) is 5.92 Å². The monoisotopic (exact) mass is 246 g/mol. The van der Waals surface area contributed by atoms with Crippen LogP contribution in [0.2, 0.25) is 0 Å². The van der Waals surface area contributed by atoms with Crippen molar-refractivity contribution in [1.29, 1.82) is 0 Å². The van der Waals surface area contributed by atoms with E-state index >= 15 is 0 Å². The van der Waals surface area contributed by atoms with Crippen LogP contribution in [-0.4, -0.2) is 24.7 Å². The van der Waals surface area contributed by atoms with Gasteiger partial charge in [0.2, 0.25) is 0 Å². The van der Waals surface area contributed by atoms with Gasteiger partial charge in [0, 0.05) is 30.4 Å². The second-order valence-electron chi connectivity index (χ2n) is 6.42. The summed E-state index contributed by atoms with van der Waals surface area (Å²) in [7, 11) is 0. The van der Waals surface area contributed by atoms with Crippen molar-refractivity contribution in [1.82, 2.24) is 5.32 Å². The average molecular weight is 246 g/mol. The van der Waals surface area contributed by atoms with Gasteiger partial charge in [0.25, 0.3) is 0 Å². The molecular weight excluding hydrogens is 220 g/mol. The highest BCUT2D eigenvalue weighted by atomic mass is 15.2. The fraction of sp³-hybridized carbons (Fsp3) is 0.625. The lowest BCUT2D eigenvalue weighted by Gasteiger charge is -2.31. The van der Waals surface area contributed by atoms with Gasteiger partial charge in [0.1, 0.15) is 0 Å². The quantitative estimate of drug-likeness (QED) is 0.877. The van der Waals surface area contributed by atoms with E-state index in [2.05, 4.69) is 68.2 Å². The summed E-state index contributed by atoms with van der Waals surface area (Å²) in [6, 6.07) is 11.3. The summed E-state index contributed by atoms with van der Waals surface area (Å²) in [4.78, 5) is 2.52. The maximum atomic E-state index is 3.62. The number of nitrogens with one attached hydrogen (secondary N) is 1. The van der Waals surface area contributed by atoms with Crippen molar-refractivity contribution in [2.45, 2.75) is 45.7 Å². The molecule has 1 aromatic carbocycles. The Morgan fingerprint density at radius 2 is 1.94 bits per heavy atom. The van der Waals surface area contributed by atoms with Gasteiger partial charge in [-0.2, -0.15) is 0 Å². The first-order valence-electron chi connectivity index (χ1n) is 7.05. The van der Waals surface area contributed by atoms with E-state index in [-0.39, 0.29) is 0 Å². The molecule has 0 aliphatic carbocycles. The zero-order valence-electron chi connectivity index (χ0n) is 12.1. The second-order valence-corrected chi connectivity index (χ2v) is 6.42. The summed E-state index contributed by atoms with van der Waals surface area (Å²) in [6.45, 7) is 11.5. The predicted octanol–water partition coefficient (Wildman–Crippen LogP) is 3.29. The number of nitrogens with zero attached hydrogens (tertiary/aromatic N) is 1. The van der Waals surface area contributed by atoms with Crippen LogP contribution in [0.5, 0.6) is 0 Å². The first-order valence-corrected chi connectivity index (χ1v) is 7.05. The molecule has 100 valence electrons. The molecule has 1 saturated heterocycles. The molecule has 2 rings (SSSR count). The molecule has 1 heterocycles. The van der Waals surface area contributed by atoms with E-state index in [0.717, 1.165) is 19.0 Å². The lowest BCUT2D eigenvalue weighted by atomic mass is 9.96. The van der Waals surface area contributed by atoms with Crippen molar-refractivity contribution in [3.05, 3.63) is 30.3 Å². The number of para-hydroxylation sites is 1. The Bertz CT molecular complexity index is 370. The minimum absolute atomic E-state index is 0.310. The van der Waals surface area contributed by atoms with Crippen LogP contribution < -0.4 is 10.2 Å². The van der Waals surface area contributed by atoms with E-state index in [1.165, 1.54) is 12.1 Å². The third kappa shape index (κ3) is 3.26. The third-order valence-corrected chi connectivity index (χ3v) is 3.83. The molecule has 1 atom stereocenters. The van der Waals surface area contributed by atoms with Crippen LogP contribution in [0.3, 0.4) is 0 Å². The average Bonchev–Trinajstić information content (AvgIpc) is 2.66. The van der Waals surface area contributed by atoms with Crippen LogP contribution in [0.25, 0.3) is 0 Å². The zero-order valence-corrected chi connectivity index (χ0v) is 12.1. The normalized spacial score (nSPS) is 22.4. The number of rotatable bonds is 4. The van der Waals surface area contributed by atoms with E-state index in [9.17, 15) is 0 Å². The van der Waals surface area contributed by atoms with Gasteiger partial charge < -0.3 is 10.2 Å². The molecule has 0 radical (unpaired) electrons. The van der Waals surface area contributed by atoms with Gasteiger partial charge in [-0.1, -0.05) is 18.2 Å². The minimum atomic E-state index is 0.310. The van der Waals surface area contributed by atoms with Crippen LogP contribution in [0.4, 0.5) is 5.69 Å². The fourth-order valence-electron chi connectivity index (χ4n) is 2.93. The van der Waals surface area contributed by atoms with E-state index in [1.54, 1.807) is 0 Å². The lowest BCUT2D eigenvalue weighted by molar-refractivity contribution is 0.437. The Morgan fingerprint density at radius 3 is 2.44 bits per heavy atom. The van der Waals surface area contributed by atoms with Gasteiger partial charge in [-0.05, 0) is 52.2 Å². The SMILES string of the molecule is CC(C)N(C[C@@H]1CNC(C)(C)C1)c1ccccc1. The number of benzene rings is 1. The number of hydrogen-bond acceptors (Lipinski definition) is 2. The molecule has 2 heteroatoms. The van der Waals surface area contributed by atoms with Crippen molar-refractivity contribution < 1.29 is 0 Å². The highest BCUT2D eigenvalue weighted by molar-refractivity contribution is 5.46. The smallest absolute Gasteiger partial charge is 0.0368 e. The van der Waals surface area contributed by atoms with Crippen molar-refractivity contribution in [3.8, 4) is 0 Å². The van der Waals surface area contributed by atoms with Crippen molar-refractivity contribution in [3.63, 3.8) is 0 Å². The molecule has 0 bridgehead atoms. The molecule has 1 aliphatic rings. The van der Waals surface area contributed by atoms with Crippen LogP contribution in [-0.2, 0) is 0 Å². The Kier molecular flexibility index (Phi) is 3.96. The maximum Gasteiger partial charge on any atom is 0.0368 e. The summed E-state index contributed by atoms with van der Waals surface area (Å²) < 4.78 is 0. The topological polar surface area (TPSA) is 15.3 Å². The summed E-state index contributed by atoms with van der Waals surface area (Å²) in [5.74, 6) is 0.752. The molecule has 1 fully saturated rings. The Morgan fingerprint density at radius 1 is 1.28 bits per heavy atom. The fourth-order valence-corrected chi connectivity index (χ4v) is 2.93. The van der Waals surface area contributed by atoms with Gasteiger partial charge in [0.15, 0.2) is 0 Å². The van der Waals surface area contributed by atoms with Crippen molar-refractivity contribution >= 4 is 5.69 Å². The Hall–Kier alpha value is -1.02. The Labute approximate surface area is 111 Å². The molecule has 0 aromatic heterocycles. The third-order valence-electron chi connectivity index (χ3n) is 3.83. The van der Waals surface area contributed by atoms with Crippen LogP contribution >= 0.6 is 0 Å². The number of hydrogen-bond donors (Lipinski definition) is 1. The van der Waals surface area contributed by atoms with Gasteiger partial charge in [-0.15, -0.1) is 0 Å². The lowest BCUT2D eigenvalue weighted by Crippen LogP contribution is -2.36. The summed E-state index contributed by atoms with van der Waals surface area (Å²) in [5.41, 5.74) is 1.65. The molecule has 0 unspecified atom stereocenters. The highest BCUT2D eigenvalue weighted by Gasteiger charge is 2.31. The molecule has 1 aliphatic heterocycles. The minimum Gasteiger partial charge on any atom is -0.369 e.